The van der Waals surface area contributed by atoms with Crippen LogP contribution in [0.1, 0.15) is 42.5 Å². The van der Waals surface area contributed by atoms with Gasteiger partial charge in [0, 0.05) is 30.0 Å². The van der Waals surface area contributed by atoms with Gasteiger partial charge >= 0.3 is 5.97 Å². The predicted molar refractivity (Wildman–Crippen MR) is 154 cm³/mol. The summed E-state index contributed by atoms with van der Waals surface area (Å²) in [7, 11) is 0. The third-order valence-electron chi connectivity index (χ3n) is 6.60. The molecule has 6 nitrogen and oxygen atoms in total. The lowest BCUT2D eigenvalue weighted by molar-refractivity contribution is -0.139. The second-order valence-electron chi connectivity index (χ2n) is 9.20. The molecule has 3 aromatic rings. The monoisotopic (exact) mass is 525 g/mol. The largest absolute Gasteiger partial charge is 0.463 e. The number of amidine groups is 1. The number of aryl methyl sites for hydroxylation is 1. The average Bonchev–Trinajstić information content (AvgIpc) is 2.96. The molecule has 5 rings (SSSR count). The molecular formula is C31H31N3O3S. The first-order valence-corrected chi connectivity index (χ1v) is 14.0. The van der Waals surface area contributed by atoms with Gasteiger partial charge in [-0.1, -0.05) is 84.6 Å². The molecule has 2 aliphatic heterocycles. The van der Waals surface area contributed by atoms with Crippen LogP contribution in [0.5, 0.6) is 0 Å². The second-order valence-corrected chi connectivity index (χ2v) is 10.3. The molecule has 3 aromatic carbocycles. The molecule has 1 N–H and O–H groups in total. The summed E-state index contributed by atoms with van der Waals surface area (Å²) >= 11 is 1.72. The SMILES string of the molecule is CCOC(=O)C1=C(c2ccccc2)N=C2SCCCN2C1c1ccc(NC(=O)CCc2ccccc2)cc1. The summed E-state index contributed by atoms with van der Waals surface area (Å²) in [6.07, 6.45) is 2.11. The fourth-order valence-corrected chi connectivity index (χ4v) is 5.78. The standard InChI is InChI=1S/C31H31N3O3S/c1-2-37-30(36)27-28(23-12-7-4-8-13-23)33-31-34(20-9-21-38-31)29(27)24-15-17-25(18-16-24)32-26(35)19-14-22-10-5-3-6-11-22/h3-8,10-13,15-18,29H,2,9,14,19-21H2,1H3,(H,32,35). The van der Waals surface area contributed by atoms with Gasteiger partial charge in [-0.15, -0.1) is 0 Å². The fourth-order valence-electron chi connectivity index (χ4n) is 4.81. The van der Waals surface area contributed by atoms with Crippen LogP contribution in [-0.2, 0) is 20.7 Å². The molecule has 2 aliphatic rings. The minimum atomic E-state index is -0.354. The number of amides is 1. The van der Waals surface area contributed by atoms with Gasteiger partial charge in [-0.2, -0.15) is 0 Å². The van der Waals surface area contributed by atoms with E-state index in [1.54, 1.807) is 11.8 Å². The van der Waals surface area contributed by atoms with Crippen LogP contribution in [0.25, 0.3) is 5.70 Å². The number of thioether (sulfide) groups is 1. The number of benzene rings is 3. The highest BCUT2D eigenvalue weighted by atomic mass is 32.2. The van der Waals surface area contributed by atoms with Crippen molar-refractivity contribution < 1.29 is 14.3 Å². The highest BCUT2D eigenvalue weighted by molar-refractivity contribution is 8.13. The van der Waals surface area contributed by atoms with E-state index in [-0.39, 0.29) is 24.5 Å². The molecule has 1 amide bonds. The number of nitrogens with zero attached hydrogens (tertiary/aromatic N) is 2. The molecular weight excluding hydrogens is 494 g/mol. The Morgan fingerprint density at radius 3 is 2.42 bits per heavy atom. The summed E-state index contributed by atoms with van der Waals surface area (Å²) < 4.78 is 5.55. The van der Waals surface area contributed by atoms with Gasteiger partial charge in [0.25, 0.3) is 0 Å². The molecule has 0 spiro atoms. The Hall–Kier alpha value is -3.84. The maximum atomic E-state index is 13.4. The lowest BCUT2D eigenvalue weighted by Gasteiger charge is -2.41. The summed E-state index contributed by atoms with van der Waals surface area (Å²) in [4.78, 5) is 33.1. The van der Waals surface area contributed by atoms with Crippen molar-refractivity contribution in [1.82, 2.24) is 4.90 Å². The number of carbonyl (C=O) groups is 2. The Morgan fingerprint density at radius 2 is 1.71 bits per heavy atom. The third-order valence-corrected chi connectivity index (χ3v) is 7.68. The van der Waals surface area contributed by atoms with E-state index in [1.807, 2.05) is 91.9 Å². The number of esters is 1. The first-order valence-electron chi connectivity index (χ1n) is 13.0. The normalized spacial score (nSPS) is 16.9. The number of hydrogen-bond donors (Lipinski definition) is 1. The van der Waals surface area contributed by atoms with Gasteiger partial charge in [0.05, 0.1) is 23.9 Å². The van der Waals surface area contributed by atoms with Gasteiger partial charge in [0.15, 0.2) is 5.17 Å². The zero-order valence-corrected chi connectivity index (χ0v) is 22.2. The van der Waals surface area contributed by atoms with E-state index in [0.717, 1.165) is 46.3 Å². The minimum Gasteiger partial charge on any atom is -0.463 e. The second kappa shape index (κ2) is 12.1. The van der Waals surface area contributed by atoms with Crippen LogP contribution >= 0.6 is 11.8 Å². The van der Waals surface area contributed by atoms with Gasteiger partial charge in [-0.25, -0.2) is 9.79 Å². The maximum Gasteiger partial charge on any atom is 0.338 e. The van der Waals surface area contributed by atoms with E-state index in [4.69, 9.17) is 9.73 Å². The molecule has 0 aliphatic carbocycles. The number of fused-ring (bicyclic) bond motifs is 1. The number of ether oxygens (including phenoxy) is 1. The van der Waals surface area contributed by atoms with E-state index in [2.05, 4.69) is 10.2 Å². The first-order chi connectivity index (χ1) is 18.6. The molecule has 1 atom stereocenters. The quantitative estimate of drug-likeness (QED) is 0.361. The van der Waals surface area contributed by atoms with Crippen molar-refractivity contribution in [2.45, 2.75) is 32.2 Å². The van der Waals surface area contributed by atoms with Gasteiger partial charge in [-0.3, -0.25) is 4.79 Å². The van der Waals surface area contributed by atoms with Gasteiger partial charge in [0.1, 0.15) is 0 Å². The third kappa shape index (κ3) is 5.83. The average molecular weight is 526 g/mol. The topological polar surface area (TPSA) is 71.0 Å². The molecule has 0 saturated carbocycles. The maximum absolute atomic E-state index is 13.4. The smallest absolute Gasteiger partial charge is 0.338 e. The van der Waals surface area contributed by atoms with Crippen molar-refractivity contribution in [2.75, 3.05) is 24.2 Å². The van der Waals surface area contributed by atoms with Crippen LogP contribution in [0.4, 0.5) is 5.69 Å². The highest BCUT2D eigenvalue weighted by Gasteiger charge is 2.39. The van der Waals surface area contributed by atoms with E-state index in [0.29, 0.717) is 24.1 Å². The lowest BCUT2D eigenvalue weighted by Crippen LogP contribution is -2.42. The Balaban J connectivity index is 1.43. The molecule has 194 valence electrons. The summed E-state index contributed by atoms with van der Waals surface area (Å²) in [5.41, 5.74) is 4.92. The number of aliphatic imine (C=N–C) groups is 1. The Bertz CT molecular complexity index is 1340. The Morgan fingerprint density at radius 1 is 1.00 bits per heavy atom. The molecule has 2 heterocycles. The fraction of sp³-hybridized carbons (Fsp3) is 0.258. The molecule has 1 unspecified atom stereocenters. The van der Waals surface area contributed by atoms with Crippen LogP contribution in [0, 0.1) is 0 Å². The molecule has 7 heteroatoms. The van der Waals surface area contributed by atoms with E-state index >= 15 is 0 Å². The molecule has 38 heavy (non-hydrogen) atoms. The van der Waals surface area contributed by atoms with E-state index < -0.39 is 0 Å². The summed E-state index contributed by atoms with van der Waals surface area (Å²) in [6.45, 7) is 2.91. The summed E-state index contributed by atoms with van der Waals surface area (Å²) in [6, 6.07) is 27.3. The van der Waals surface area contributed by atoms with Gasteiger partial charge in [-0.05, 0) is 43.0 Å². The number of anilines is 1. The van der Waals surface area contributed by atoms with Crippen LogP contribution < -0.4 is 5.32 Å². The number of hydrogen-bond acceptors (Lipinski definition) is 6. The molecule has 1 fully saturated rings. The summed E-state index contributed by atoms with van der Waals surface area (Å²) in [5, 5.41) is 3.93. The van der Waals surface area contributed by atoms with E-state index in [9.17, 15) is 9.59 Å². The van der Waals surface area contributed by atoms with Gasteiger partial charge in [0.2, 0.25) is 5.91 Å². The zero-order valence-electron chi connectivity index (χ0n) is 21.4. The molecule has 0 bridgehead atoms. The Labute approximate surface area is 227 Å². The van der Waals surface area contributed by atoms with E-state index in [1.165, 1.54) is 0 Å². The number of rotatable bonds is 8. The number of nitrogens with one attached hydrogen (secondary N) is 1. The van der Waals surface area contributed by atoms with Crippen LogP contribution in [-0.4, -0.2) is 40.8 Å². The van der Waals surface area contributed by atoms with Gasteiger partial charge < -0.3 is 15.0 Å². The van der Waals surface area contributed by atoms with Crippen molar-refractivity contribution in [3.05, 3.63) is 107 Å². The number of carbonyl (C=O) groups excluding carboxylic acids is 2. The molecule has 0 radical (unpaired) electrons. The van der Waals surface area contributed by atoms with Crippen LogP contribution in [0.2, 0.25) is 0 Å². The Kier molecular flexibility index (Phi) is 8.24. The van der Waals surface area contributed by atoms with Crippen molar-refractivity contribution >= 4 is 40.2 Å². The first kappa shape index (κ1) is 25.8. The van der Waals surface area contributed by atoms with Crippen LogP contribution in [0.3, 0.4) is 0 Å². The predicted octanol–water partition coefficient (Wildman–Crippen LogP) is 6.08. The highest BCUT2D eigenvalue weighted by Crippen LogP contribution is 2.43. The molecule has 0 aromatic heterocycles. The summed E-state index contributed by atoms with van der Waals surface area (Å²) in [5.74, 6) is 0.611. The zero-order chi connectivity index (χ0) is 26.3. The van der Waals surface area contributed by atoms with Crippen molar-refractivity contribution in [3.63, 3.8) is 0 Å². The molecule has 1 saturated heterocycles. The lowest BCUT2D eigenvalue weighted by atomic mass is 9.91. The van der Waals surface area contributed by atoms with Crippen molar-refractivity contribution in [2.24, 2.45) is 4.99 Å². The minimum absolute atomic E-state index is 0.0282. The van der Waals surface area contributed by atoms with Crippen molar-refractivity contribution in [3.8, 4) is 0 Å². The van der Waals surface area contributed by atoms with Crippen LogP contribution in [0.15, 0.2) is 95.5 Å². The van der Waals surface area contributed by atoms with Crippen molar-refractivity contribution in [1.29, 1.82) is 0 Å².